The Morgan fingerprint density at radius 2 is 1.37 bits per heavy atom. The van der Waals surface area contributed by atoms with Gasteiger partial charge in [0.25, 0.3) is 0 Å². The monoisotopic (exact) mass is 258 g/mol. The third-order valence-corrected chi connectivity index (χ3v) is 4.26. The minimum Gasteiger partial charge on any atom is -0.466 e. The van der Waals surface area contributed by atoms with Crippen molar-refractivity contribution in [2.45, 2.75) is 51.9 Å². The summed E-state index contributed by atoms with van der Waals surface area (Å²) in [5, 5.41) is 0. The number of furan rings is 2. The first-order chi connectivity index (χ1) is 9.24. The lowest BCUT2D eigenvalue weighted by molar-refractivity contribution is 0.272. The van der Waals surface area contributed by atoms with Crippen molar-refractivity contribution < 1.29 is 8.83 Å². The second-order valence-corrected chi connectivity index (χ2v) is 5.77. The third kappa shape index (κ3) is 2.63. The summed E-state index contributed by atoms with van der Waals surface area (Å²) in [5.41, 5.74) is 0. The Kier molecular flexibility index (Phi) is 3.50. The first kappa shape index (κ1) is 12.6. The van der Waals surface area contributed by atoms with Crippen molar-refractivity contribution in [3.8, 4) is 0 Å². The van der Waals surface area contributed by atoms with Crippen LogP contribution in [0, 0.1) is 19.8 Å². The van der Waals surface area contributed by atoms with Gasteiger partial charge in [-0.25, -0.2) is 0 Å². The molecule has 0 unspecified atom stereocenters. The molecule has 0 bridgehead atoms. The Bertz CT molecular complexity index is 489. The molecule has 1 aliphatic rings. The SMILES string of the molecule is Cc1ccc(C(c2ccc(C)o2)C2CCCCC2)o1. The van der Waals surface area contributed by atoms with Crippen LogP contribution in [0.15, 0.2) is 33.1 Å². The minimum atomic E-state index is 0.294. The summed E-state index contributed by atoms with van der Waals surface area (Å²) < 4.78 is 11.8. The van der Waals surface area contributed by atoms with Gasteiger partial charge in [-0.3, -0.25) is 0 Å². The molecule has 2 heterocycles. The fourth-order valence-corrected chi connectivity index (χ4v) is 3.31. The van der Waals surface area contributed by atoms with Crippen LogP contribution in [0.5, 0.6) is 0 Å². The van der Waals surface area contributed by atoms with E-state index in [1.54, 1.807) is 0 Å². The molecule has 0 saturated heterocycles. The van der Waals surface area contributed by atoms with E-state index in [2.05, 4.69) is 24.3 Å². The van der Waals surface area contributed by atoms with Crippen LogP contribution in [-0.4, -0.2) is 0 Å². The fourth-order valence-electron chi connectivity index (χ4n) is 3.31. The van der Waals surface area contributed by atoms with Crippen molar-refractivity contribution in [3.05, 3.63) is 47.3 Å². The first-order valence-electron chi connectivity index (χ1n) is 7.37. The van der Waals surface area contributed by atoms with Gasteiger partial charge in [-0.15, -0.1) is 0 Å². The first-order valence-corrected chi connectivity index (χ1v) is 7.37. The summed E-state index contributed by atoms with van der Waals surface area (Å²) >= 11 is 0. The van der Waals surface area contributed by atoms with Crippen molar-refractivity contribution >= 4 is 0 Å². The van der Waals surface area contributed by atoms with E-state index in [-0.39, 0.29) is 0 Å². The highest BCUT2D eigenvalue weighted by atomic mass is 16.4. The molecular weight excluding hydrogens is 236 g/mol. The van der Waals surface area contributed by atoms with Crippen LogP contribution in [0.2, 0.25) is 0 Å². The van der Waals surface area contributed by atoms with Crippen molar-refractivity contribution in [1.29, 1.82) is 0 Å². The zero-order valence-electron chi connectivity index (χ0n) is 11.8. The standard InChI is InChI=1S/C17H22O2/c1-12-8-10-15(18-12)17(14-6-4-3-5-7-14)16-11-9-13(2)19-16/h8-11,14,17H,3-7H2,1-2H3. The second-order valence-electron chi connectivity index (χ2n) is 5.77. The predicted molar refractivity (Wildman–Crippen MR) is 75.3 cm³/mol. The van der Waals surface area contributed by atoms with Gasteiger partial charge < -0.3 is 8.83 Å². The van der Waals surface area contributed by atoms with Crippen LogP contribution < -0.4 is 0 Å². The van der Waals surface area contributed by atoms with Crippen LogP contribution in [0.3, 0.4) is 0 Å². The van der Waals surface area contributed by atoms with E-state index in [1.165, 1.54) is 32.1 Å². The molecule has 0 amide bonds. The summed E-state index contributed by atoms with van der Waals surface area (Å²) in [6, 6.07) is 8.35. The molecule has 0 aliphatic heterocycles. The zero-order valence-corrected chi connectivity index (χ0v) is 11.8. The molecule has 1 aliphatic carbocycles. The van der Waals surface area contributed by atoms with E-state index in [0.717, 1.165) is 23.0 Å². The molecule has 0 spiro atoms. The van der Waals surface area contributed by atoms with Gasteiger partial charge in [-0.05, 0) is 56.9 Å². The Labute approximate surface area is 114 Å². The quantitative estimate of drug-likeness (QED) is 0.756. The average Bonchev–Trinajstić information content (AvgIpc) is 3.01. The van der Waals surface area contributed by atoms with Gasteiger partial charge in [0.05, 0.1) is 5.92 Å². The molecule has 0 aromatic carbocycles. The molecule has 2 nitrogen and oxygen atoms in total. The van der Waals surface area contributed by atoms with E-state index in [1.807, 2.05) is 13.8 Å². The van der Waals surface area contributed by atoms with E-state index in [4.69, 9.17) is 8.83 Å². The maximum absolute atomic E-state index is 5.90. The van der Waals surface area contributed by atoms with Crippen LogP contribution in [0.25, 0.3) is 0 Å². The van der Waals surface area contributed by atoms with Gasteiger partial charge in [-0.1, -0.05) is 19.3 Å². The Morgan fingerprint density at radius 1 is 0.842 bits per heavy atom. The van der Waals surface area contributed by atoms with Crippen LogP contribution in [0.1, 0.15) is 61.1 Å². The minimum absolute atomic E-state index is 0.294. The maximum atomic E-state index is 5.90. The van der Waals surface area contributed by atoms with E-state index in [9.17, 15) is 0 Å². The van der Waals surface area contributed by atoms with Gasteiger partial charge >= 0.3 is 0 Å². The van der Waals surface area contributed by atoms with Gasteiger partial charge in [0.2, 0.25) is 0 Å². The van der Waals surface area contributed by atoms with E-state index in [0.29, 0.717) is 11.8 Å². The van der Waals surface area contributed by atoms with Gasteiger partial charge in [0, 0.05) is 0 Å². The number of hydrogen-bond donors (Lipinski definition) is 0. The Morgan fingerprint density at radius 3 is 1.79 bits per heavy atom. The molecular formula is C17H22O2. The summed E-state index contributed by atoms with van der Waals surface area (Å²) in [4.78, 5) is 0. The van der Waals surface area contributed by atoms with Crippen molar-refractivity contribution in [2.75, 3.05) is 0 Å². The molecule has 2 aromatic heterocycles. The van der Waals surface area contributed by atoms with Crippen LogP contribution in [-0.2, 0) is 0 Å². The molecule has 0 N–H and O–H groups in total. The predicted octanol–water partition coefficient (Wildman–Crippen LogP) is 5.20. The number of hydrogen-bond acceptors (Lipinski definition) is 2. The largest absolute Gasteiger partial charge is 0.466 e. The molecule has 19 heavy (non-hydrogen) atoms. The lowest BCUT2D eigenvalue weighted by Gasteiger charge is -2.27. The second kappa shape index (κ2) is 5.28. The summed E-state index contributed by atoms with van der Waals surface area (Å²) in [6.07, 6.45) is 6.60. The zero-order chi connectivity index (χ0) is 13.2. The normalized spacial score (nSPS) is 17.2. The molecule has 0 atom stereocenters. The molecule has 1 saturated carbocycles. The van der Waals surface area contributed by atoms with Crippen molar-refractivity contribution in [3.63, 3.8) is 0 Å². The third-order valence-electron chi connectivity index (χ3n) is 4.26. The number of aryl methyl sites for hydroxylation is 2. The van der Waals surface area contributed by atoms with Gasteiger partial charge in [0.15, 0.2) is 0 Å². The molecule has 2 heteroatoms. The average molecular weight is 258 g/mol. The smallest absolute Gasteiger partial charge is 0.115 e. The van der Waals surface area contributed by atoms with E-state index >= 15 is 0 Å². The lowest BCUT2D eigenvalue weighted by atomic mass is 9.78. The van der Waals surface area contributed by atoms with Crippen LogP contribution in [0.4, 0.5) is 0 Å². The van der Waals surface area contributed by atoms with Crippen LogP contribution >= 0.6 is 0 Å². The topological polar surface area (TPSA) is 26.3 Å². The van der Waals surface area contributed by atoms with Gasteiger partial charge in [-0.2, -0.15) is 0 Å². The van der Waals surface area contributed by atoms with Gasteiger partial charge in [0.1, 0.15) is 23.0 Å². The summed E-state index contributed by atoms with van der Waals surface area (Å²) in [5.74, 6) is 5.06. The summed E-state index contributed by atoms with van der Waals surface area (Å²) in [7, 11) is 0. The highest BCUT2D eigenvalue weighted by Gasteiger charge is 2.31. The molecule has 3 rings (SSSR count). The highest BCUT2D eigenvalue weighted by Crippen LogP contribution is 2.41. The number of rotatable bonds is 3. The molecule has 0 radical (unpaired) electrons. The highest BCUT2D eigenvalue weighted by molar-refractivity contribution is 5.23. The Hall–Kier alpha value is -1.44. The van der Waals surface area contributed by atoms with Crippen molar-refractivity contribution in [1.82, 2.24) is 0 Å². The molecule has 2 aromatic rings. The lowest BCUT2D eigenvalue weighted by Crippen LogP contribution is -2.16. The molecule has 102 valence electrons. The molecule has 1 fully saturated rings. The Balaban J connectivity index is 1.94. The summed E-state index contributed by atoms with van der Waals surface area (Å²) in [6.45, 7) is 4.02. The van der Waals surface area contributed by atoms with E-state index < -0.39 is 0 Å². The fraction of sp³-hybridized carbons (Fsp3) is 0.529. The maximum Gasteiger partial charge on any atom is 0.115 e. The van der Waals surface area contributed by atoms with Crippen molar-refractivity contribution in [2.24, 2.45) is 5.92 Å².